The van der Waals surface area contributed by atoms with E-state index in [9.17, 15) is 0 Å². The van der Waals surface area contributed by atoms with E-state index < -0.39 is 0 Å². The molecule has 0 bridgehead atoms. The summed E-state index contributed by atoms with van der Waals surface area (Å²) in [5.74, 6) is 2.20. The Labute approximate surface area is 106 Å². The van der Waals surface area contributed by atoms with Crippen LogP contribution in [0.3, 0.4) is 0 Å². The molecule has 0 unspecified atom stereocenters. The van der Waals surface area contributed by atoms with Crippen LogP contribution in [0.2, 0.25) is 0 Å². The van der Waals surface area contributed by atoms with E-state index in [-0.39, 0.29) is 0 Å². The maximum Gasteiger partial charge on any atom is 0.224 e. The Morgan fingerprint density at radius 1 is 1.33 bits per heavy atom. The molecule has 0 aromatic carbocycles. The van der Waals surface area contributed by atoms with Crippen molar-refractivity contribution >= 4 is 5.82 Å². The molecule has 2 aromatic rings. The van der Waals surface area contributed by atoms with Crippen molar-refractivity contribution in [3.05, 3.63) is 24.3 Å². The number of anilines is 1. The molecule has 2 aromatic heterocycles. The highest BCUT2D eigenvalue weighted by atomic mass is 16.5. The lowest BCUT2D eigenvalue weighted by Gasteiger charge is -2.04. The Balaban J connectivity index is 2.14. The molecule has 0 aliphatic rings. The zero-order valence-corrected chi connectivity index (χ0v) is 10.6. The molecule has 0 saturated carbocycles. The summed E-state index contributed by atoms with van der Waals surface area (Å²) in [6.07, 6.45) is 5.26. The number of aromatic nitrogens is 4. The SMILES string of the molecule is CCCn1cc(Oc2cc(N)nc(CC)n2)cn1. The Bertz CT molecular complexity index is 523. The predicted molar refractivity (Wildman–Crippen MR) is 68.4 cm³/mol. The van der Waals surface area contributed by atoms with Crippen molar-refractivity contribution in [1.82, 2.24) is 19.7 Å². The van der Waals surface area contributed by atoms with Crippen LogP contribution >= 0.6 is 0 Å². The van der Waals surface area contributed by atoms with Gasteiger partial charge in [0, 0.05) is 19.0 Å². The third kappa shape index (κ3) is 2.97. The van der Waals surface area contributed by atoms with Crippen LogP contribution in [0, 0.1) is 0 Å². The lowest BCUT2D eigenvalue weighted by atomic mass is 10.4. The molecule has 2 N–H and O–H groups in total. The van der Waals surface area contributed by atoms with Gasteiger partial charge in [0.1, 0.15) is 11.6 Å². The van der Waals surface area contributed by atoms with E-state index in [0.717, 1.165) is 19.4 Å². The van der Waals surface area contributed by atoms with E-state index in [1.165, 1.54) is 0 Å². The van der Waals surface area contributed by atoms with E-state index in [1.807, 2.05) is 17.8 Å². The minimum absolute atomic E-state index is 0.415. The monoisotopic (exact) mass is 247 g/mol. The summed E-state index contributed by atoms with van der Waals surface area (Å²) in [7, 11) is 0. The predicted octanol–water partition coefficient (Wildman–Crippen LogP) is 2.02. The molecule has 0 radical (unpaired) electrons. The standard InChI is InChI=1S/C12H17N5O/c1-3-5-17-8-9(7-14-17)18-12-6-10(13)15-11(4-2)16-12/h6-8H,3-5H2,1-2H3,(H2,13,15,16). The fourth-order valence-electron chi connectivity index (χ4n) is 1.57. The Kier molecular flexibility index (Phi) is 3.76. The Hall–Kier alpha value is -2.11. The molecule has 96 valence electrons. The minimum Gasteiger partial charge on any atom is -0.436 e. The molecular weight excluding hydrogens is 230 g/mol. The summed E-state index contributed by atoms with van der Waals surface area (Å²) in [4.78, 5) is 8.35. The summed E-state index contributed by atoms with van der Waals surface area (Å²) < 4.78 is 7.45. The molecule has 0 spiro atoms. The van der Waals surface area contributed by atoms with Gasteiger partial charge < -0.3 is 10.5 Å². The summed E-state index contributed by atoms with van der Waals surface area (Å²) >= 11 is 0. The van der Waals surface area contributed by atoms with Crippen LogP contribution in [0.5, 0.6) is 11.6 Å². The van der Waals surface area contributed by atoms with Crippen LogP contribution in [-0.2, 0) is 13.0 Å². The fourth-order valence-corrected chi connectivity index (χ4v) is 1.57. The van der Waals surface area contributed by atoms with Crippen LogP contribution in [0.1, 0.15) is 26.1 Å². The zero-order chi connectivity index (χ0) is 13.0. The number of ether oxygens (including phenoxy) is 1. The molecule has 6 nitrogen and oxygen atoms in total. The molecule has 0 saturated heterocycles. The number of hydrogen-bond acceptors (Lipinski definition) is 5. The lowest BCUT2D eigenvalue weighted by Crippen LogP contribution is -2.00. The number of hydrogen-bond donors (Lipinski definition) is 1. The first-order chi connectivity index (χ1) is 8.71. The number of nitrogens with two attached hydrogens (primary N) is 1. The van der Waals surface area contributed by atoms with Crippen molar-refractivity contribution in [2.75, 3.05) is 5.73 Å². The van der Waals surface area contributed by atoms with Crippen molar-refractivity contribution < 1.29 is 4.74 Å². The van der Waals surface area contributed by atoms with E-state index in [0.29, 0.717) is 23.3 Å². The summed E-state index contributed by atoms with van der Waals surface area (Å²) in [5.41, 5.74) is 5.69. The van der Waals surface area contributed by atoms with Crippen molar-refractivity contribution in [2.24, 2.45) is 0 Å². The molecule has 18 heavy (non-hydrogen) atoms. The van der Waals surface area contributed by atoms with Gasteiger partial charge in [-0.2, -0.15) is 10.1 Å². The molecule has 2 heterocycles. The van der Waals surface area contributed by atoms with Crippen LogP contribution in [-0.4, -0.2) is 19.7 Å². The second-order valence-electron chi connectivity index (χ2n) is 3.94. The molecule has 0 atom stereocenters. The van der Waals surface area contributed by atoms with Gasteiger partial charge in [0.05, 0.1) is 12.4 Å². The molecule has 0 aliphatic carbocycles. The van der Waals surface area contributed by atoms with Gasteiger partial charge in [-0.05, 0) is 6.42 Å². The largest absolute Gasteiger partial charge is 0.436 e. The average molecular weight is 247 g/mol. The highest BCUT2D eigenvalue weighted by Crippen LogP contribution is 2.20. The second kappa shape index (κ2) is 5.48. The minimum atomic E-state index is 0.415. The van der Waals surface area contributed by atoms with Crippen LogP contribution in [0.25, 0.3) is 0 Å². The summed E-state index contributed by atoms with van der Waals surface area (Å²) in [5, 5.41) is 4.18. The quantitative estimate of drug-likeness (QED) is 0.874. The fraction of sp³-hybridized carbons (Fsp3) is 0.417. The van der Waals surface area contributed by atoms with Gasteiger partial charge >= 0.3 is 0 Å². The van der Waals surface area contributed by atoms with Gasteiger partial charge in [0.2, 0.25) is 5.88 Å². The molecule has 2 rings (SSSR count). The van der Waals surface area contributed by atoms with Gasteiger partial charge in [-0.15, -0.1) is 0 Å². The van der Waals surface area contributed by atoms with Crippen molar-refractivity contribution in [1.29, 1.82) is 0 Å². The van der Waals surface area contributed by atoms with Gasteiger partial charge in [-0.3, -0.25) is 4.68 Å². The summed E-state index contributed by atoms with van der Waals surface area (Å²) in [6, 6.07) is 1.61. The molecule has 0 fully saturated rings. The van der Waals surface area contributed by atoms with Gasteiger partial charge in [-0.1, -0.05) is 13.8 Å². The number of nitrogen functional groups attached to an aromatic ring is 1. The molecule has 0 aliphatic heterocycles. The van der Waals surface area contributed by atoms with E-state index in [4.69, 9.17) is 10.5 Å². The third-order valence-corrected chi connectivity index (χ3v) is 2.37. The van der Waals surface area contributed by atoms with Crippen LogP contribution in [0.15, 0.2) is 18.5 Å². The van der Waals surface area contributed by atoms with Crippen molar-refractivity contribution in [3.8, 4) is 11.6 Å². The first-order valence-corrected chi connectivity index (χ1v) is 6.05. The van der Waals surface area contributed by atoms with E-state index in [1.54, 1.807) is 12.3 Å². The molecule has 6 heteroatoms. The number of rotatable bonds is 5. The topological polar surface area (TPSA) is 78.9 Å². The van der Waals surface area contributed by atoms with Gasteiger partial charge in [0.25, 0.3) is 0 Å². The second-order valence-corrected chi connectivity index (χ2v) is 3.94. The maximum absolute atomic E-state index is 5.69. The maximum atomic E-state index is 5.69. The highest BCUT2D eigenvalue weighted by Gasteiger charge is 2.05. The first-order valence-electron chi connectivity index (χ1n) is 6.05. The first kappa shape index (κ1) is 12.3. The smallest absolute Gasteiger partial charge is 0.224 e. The Morgan fingerprint density at radius 3 is 2.89 bits per heavy atom. The number of aryl methyl sites for hydroxylation is 2. The van der Waals surface area contributed by atoms with Crippen molar-refractivity contribution in [3.63, 3.8) is 0 Å². The van der Waals surface area contributed by atoms with Crippen LogP contribution in [0.4, 0.5) is 5.82 Å². The normalized spacial score (nSPS) is 10.6. The van der Waals surface area contributed by atoms with E-state index >= 15 is 0 Å². The highest BCUT2D eigenvalue weighted by molar-refractivity contribution is 5.34. The lowest BCUT2D eigenvalue weighted by molar-refractivity contribution is 0.457. The third-order valence-electron chi connectivity index (χ3n) is 2.37. The van der Waals surface area contributed by atoms with Crippen molar-refractivity contribution in [2.45, 2.75) is 33.2 Å². The molecule has 0 amide bonds. The Morgan fingerprint density at radius 2 is 2.17 bits per heavy atom. The zero-order valence-electron chi connectivity index (χ0n) is 10.6. The number of nitrogens with zero attached hydrogens (tertiary/aromatic N) is 4. The van der Waals surface area contributed by atoms with Gasteiger partial charge in [0.15, 0.2) is 5.75 Å². The average Bonchev–Trinajstić information content (AvgIpc) is 2.76. The van der Waals surface area contributed by atoms with E-state index in [2.05, 4.69) is 22.0 Å². The van der Waals surface area contributed by atoms with Crippen LogP contribution < -0.4 is 10.5 Å². The summed E-state index contributed by atoms with van der Waals surface area (Å²) in [6.45, 7) is 4.94. The molecular formula is C12H17N5O. The van der Waals surface area contributed by atoms with Gasteiger partial charge in [-0.25, -0.2) is 4.98 Å².